The fourth-order valence-corrected chi connectivity index (χ4v) is 1.01. The van der Waals surface area contributed by atoms with Gasteiger partial charge in [0.05, 0.1) is 11.9 Å². The van der Waals surface area contributed by atoms with Crippen molar-refractivity contribution in [3.05, 3.63) is 11.9 Å². The summed E-state index contributed by atoms with van der Waals surface area (Å²) in [7, 11) is 0. The van der Waals surface area contributed by atoms with Crippen molar-refractivity contribution >= 4 is 0 Å². The van der Waals surface area contributed by atoms with Gasteiger partial charge in [0.25, 0.3) is 0 Å². The molecular weight excluding hydrogens is 156 g/mol. The maximum Gasteiger partial charge on any atom is 0.112 e. The number of nitrogens with two attached hydrogens (primary N) is 1. The fraction of sp³-hybridized carbons (Fsp3) is 0.714. The quantitative estimate of drug-likeness (QED) is 0.651. The molecule has 1 aromatic heterocycles. The van der Waals surface area contributed by atoms with Crippen molar-refractivity contribution in [3.63, 3.8) is 0 Å². The third-order valence-electron chi connectivity index (χ3n) is 1.75. The average molecular weight is 170 g/mol. The Bertz CT molecular complexity index is 245. The molecular formula is C7H14N4O. The van der Waals surface area contributed by atoms with Crippen LogP contribution in [0.2, 0.25) is 0 Å². The summed E-state index contributed by atoms with van der Waals surface area (Å²) in [4.78, 5) is 0. The minimum absolute atomic E-state index is 0.297. The van der Waals surface area contributed by atoms with Gasteiger partial charge in [0, 0.05) is 12.6 Å². The standard InChI is InChI=1S/C7H14N4O/c1-3-11-6(4-9-10-11)7(12)5(2)8/h4-5,7,12H,3,8H2,1-2H3. The van der Waals surface area contributed by atoms with Gasteiger partial charge in [-0.1, -0.05) is 5.21 Å². The van der Waals surface area contributed by atoms with Crippen LogP contribution in [0.5, 0.6) is 0 Å². The third-order valence-corrected chi connectivity index (χ3v) is 1.75. The first kappa shape index (κ1) is 9.15. The zero-order chi connectivity index (χ0) is 9.14. The van der Waals surface area contributed by atoms with Crippen molar-refractivity contribution in [2.75, 3.05) is 0 Å². The highest BCUT2D eigenvalue weighted by Crippen LogP contribution is 2.13. The Balaban J connectivity index is 2.86. The Morgan fingerprint density at radius 2 is 2.42 bits per heavy atom. The summed E-state index contributed by atoms with van der Waals surface area (Å²) < 4.78 is 1.63. The zero-order valence-electron chi connectivity index (χ0n) is 7.31. The van der Waals surface area contributed by atoms with E-state index in [2.05, 4.69) is 10.3 Å². The number of hydrogen-bond acceptors (Lipinski definition) is 4. The molecule has 0 bridgehead atoms. The molecule has 0 aliphatic rings. The minimum atomic E-state index is -0.681. The molecule has 1 aromatic rings. The topological polar surface area (TPSA) is 77.0 Å². The molecule has 68 valence electrons. The largest absolute Gasteiger partial charge is 0.385 e. The highest BCUT2D eigenvalue weighted by Gasteiger charge is 2.16. The van der Waals surface area contributed by atoms with Gasteiger partial charge in [-0.05, 0) is 13.8 Å². The summed E-state index contributed by atoms with van der Waals surface area (Å²) in [6, 6.07) is -0.297. The van der Waals surface area contributed by atoms with Crippen LogP contribution in [0.25, 0.3) is 0 Å². The van der Waals surface area contributed by atoms with Crippen LogP contribution < -0.4 is 5.73 Å². The second-order valence-corrected chi connectivity index (χ2v) is 2.78. The number of aliphatic hydroxyl groups excluding tert-OH is 1. The number of rotatable bonds is 3. The molecule has 0 aliphatic heterocycles. The van der Waals surface area contributed by atoms with Crippen LogP contribution in [0.3, 0.4) is 0 Å². The van der Waals surface area contributed by atoms with Crippen molar-refractivity contribution < 1.29 is 5.11 Å². The number of aromatic nitrogens is 3. The lowest BCUT2D eigenvalue weighted by molar-refractivity contribution is 0.143. The fourth-order valence-electron chi connectivity index (χ4n) is 1.01. The number of aliphatic hydroxyl groups is 1. The first-order valence-corrected chi connectivity index (χ1v) is 3.98. The van der Waals surface area contributed by atoms with Crippen molar-refractivity contribution in [2.45, 2.75) is 32.5 Å². The molecule has 1 heterocycles. The molecule has 0 saturated carbocycles. The van der Waals surface area contributed by atoms with Crippen LogP contribution in [-0.4, -0.2) is 26.1 Å². The minimum Gasteiger partial charge on any atom is -0.385 e. The monoisotopic (exact) mass is 170 g/mol. The van der Waals surface area contributed by atoms with Crippen LogP contribution in [-0.2, 0) is 6.54 Å². The molecule has 12 heavy (non-hydrogen) atoms. The molecule has 2 atom stereocenters. The molecule has 0 aromatic carbocycles. The van der Waals surface area contributed by atoms with Gasteiger partial charge < -0.3 is 10.8 Å². The molecule has 5 heteroatoms. The highest BCUT2D eigenvalue weighted by molar-refractivity contribution is 5.01. The van der Waals surface area contributed by atoms with E-state index in [1.165, 1.54) is 6.20 Å². The molecule has 0 saturated heterocycles. The van der Waals surface area contributed by atoms with E-state index in [1.807, 2.05) is 6.92 Å². The Labute approximate surface area is 71.2 Å². The number of nitrogens with zero attached hydrogens (tertiary/aromatic N) is 3. The second kappa shape index (κ2) is 3.64. The first-order valence-electron chi connectivity index (χ1n) is 3.98. The molecule has 2 unspecified atom stereocenters. The molecule has 3 N–H and O–H groups in total. The predicted octanol–water partition coefficient (Wildman–Crippen LogP) is -0.321. The van der Waals surface area contributed by atoms with E-state index in [-0.39, 0.29) is 6.04 Å². The molecule has 0 radical (unpaired) electrons. The Kier molecular flexibility index (Phi) is 2.78. The summed E-state index contributed by atoms with van der Waals surface area (Å²) in [6.45, 7) is 4.38. The summed E-state index contributed by atoms with van der Waals surface area (Å²) in [6.07, 6.45) is 0.859. The van der Waals surface area contributed by atoms with Gasteiger partial charge in [0.15, 0.2) is 0 Å². The van der Waals surface area contributed by atoms with Gasteiger partial charge >= 0.3 is 0 Å². The van der Waals surface area contributed by atoms with Gasteiger partial charge in [-0.3, -0.25) is 0 Å². The van der Waals surface area contributed by atoms with Gasteiger partial charge in [0.1, 0.15) is 6.10 Å². The Morgan fingerprint density at radius 3 is 2.92 bits per heavy atom. The van der Waals surface area contributed by atoms with Crippen molar-refractivity contribution in [2.24, 2.45) is 5.73 Å². The molecule has 1 rings (SSSR count). The normalized spacial score (nSPS) is 16.0. The first-order chi connectivity index (χ1) is 5.66. The van der Waals surface area contributed by atoms with E-state index in [0.717, 1.165) is 0 Å². The smallest absolute Gasteiger partial charge is 0.112 e. The van der Waals surface area contributed by atoms with Crippen LogP contribution >= 0.6 is 0 Å². The zero-order valence-corrected chi connectivity index (χ0v) is 7.31. The summed E-state index contributed by atoms with van der Waals surface area (Å²) in [5.74, 6) is 0. The van der Waals surface area contributed by atoms with Crippen LogP contribution in [0.15, 0.2) is 6.20 Å². The molecule has 5 nitrogen and oxygen atoms in total. The van der Waals surface area contributed by atoms with E-state index in [9.17, 15) is 5.11 Å². The van der Waals surface area contributed by atoms with Gasteiger partial charge in [0.2, 0.25) is 0 Å². The van der Waals surface area contributed by atoms with Crippen molar-refractivity contribution in [3.8, 4) is 0 Å². The molecule has 0 amide bonds. The second-order valence-electron chi connectivity index (χ2n) is 2.78. The van der Waals surface area contributed by atoms with Crippen molar-refractivity contribution in [1.29, 1.82) is 0 Å². The third kappa shape index (κ3) is 1.62. The number of aryl methyl sites for hydroxylation is 1. The molecule has 0 aliphatic carbocycles. The van der Waals surface area contributed by atoms with Gasteiger partial charge in [-0.25, -0.2) is 4.68 Å². The SMILES string of the molecule is CCn1nncc1C(O)C(C)N. The van der Waals surface area contributed by atoms with E-state index in [4.69, 9.17) is 5.73 Å². The van der Waals surface area contributed by atoms with Crippen LogP contribution in [0.1, 0.15) is 25.6 Å². The predicted molar refractivity (Wildman–Crippen MR) is 44.3 cm³/mol. The van der Waals surface area contributed by atoms with Gasteiger partial charge in [-0.2, -0.15) is 0 Å². The molecule has 0 fully saturated rings. The highest BCUT2D eigenvalue weighted by atomic mass is 16.3. The van der Waals surface area contributed by atoms with E-state index < -0.39 is 6.10 Å². The Hall–Kier alpha value is -0.940. The Morgan fingerprint density at radius 1 is 1.75 bits per heavy atom. The maximum absolute atomic E-state index is 9.57. The summed E-state index contributed by atoms with van der Waals surface area (Å²) in [5.41, 5.74) is 6.21. The van der Waals surface area contributed by atoms with E-state index in [0.29, 0.717) is 12.2 Å². The maximum atomic E-state index is 9.57. The van der Waals surface area contributed by atoms with Crippen LogP contribution in [0, 0.1) is 0 Å². The lowest BCUT2D eigenvalue weighted by atomic mass is 10.1. The van der Waals surface area contributed by atoms with E-state index >= 15 is 0 Å². The summed E-state index contributed by atoms with van der Waals surface area (Å²) >= 11 is 0. The average Bonchev–Trinajstić information content (AvgIpc) is 2.49. The lowest BCUT2D eigenvalue weighted by Crippen LogP contribution is -2.26. The van der Waals surface area contributed by atoms with Gasteiger partial charge in [-0.15, -0.1) is 5.10 Å². The van der Waals surface area contributed by atoms with Crippen molar-refractivity contribution in [1.82, 2.24) is 15.0 Å². The summed E-state index contributed by atoms with van der Waals surface area (Å²) in [5, 5.41) is 17.1. The molecule has 0 spiro atoms. The lowest BCUT2D eigenvalue weighted by Gasteiger charge is -2.14. The van der Waals surface area contributed by atoms with Crippen LogP contribution in [0.4, 0.5) is 0 Å². The van der Waals surface area contributed by atoms with E-state index in [1.54, 1.807) is 11.6 Å². The number of hydrogen-bond donors (Lipinski definition) is 2.